The lowest BCUT2D eigenvalue weighted by atomic mass is 10.0. The fraction of sp³-hybridized carbons (Fsp3) is 0.389. The highest BCUT2D eigenvalue weighted by atomic mass is 79.9. The van der Waals surface area contributed by atoms with Crippen molar-refractivity contribution in [3.63, 3.8) is 0 Å². The first kappa shape index (κ1) is 17.1. The molecule has 0 bridgehead atoms. The van der Waals surface area contributed by atoms with Gasteiger partial charge in [-0.25, -0.2) is 4.79 Å². The molecule has 1 unspecified atom stereocenters. The molecule has 8 heteroatoms. The van der Waals surface area contributed by atoms with Crippen LogP contribution < -0.4 is 9.80 Å². The van der Waals surface area contributed by atoms with Gasteiger partial charge < -0.3 is 10.0 Å². The molecule has 1 aliphatic heterocycles. The Morgan fingerprint density at radius 3 is 2.62 bits per heavy atom. The number of amides is 2. The van der Waals surface area contributed by atoms with Gasteiger partial charge in [-0.2, -0.15) is 5.10 Å². The van der Waals surface area contributed by atoms with Crippen molar-refractivity contribution in [2.24, 2.45) is 0 Å². The molecular formula is C18H19BrN4O3. The Morgan fingerprint density at radius 1 is 1.27 bits per heavy atom. The molecule has 1 aliphatic carbocycles. The first-order chi connectivity index (χ1) is 12.4. The zero-order valence-corrected chi connectivity index (χ0v) is 16.1. The Balaban J connectivity index is 1.84. The molecule has 1 N–H and O–H groups in total. The van der Waals surface area contributed by atoms with Crippen LogP contribution in [-0.2, 0) is 4.79 Å². The first-order valence-electron chi connectivity index (χ1n) is 8.55. The number of aromatic nitrogens is 2. The van der Waals surface area contributed by atoms with Gasteiger partial charge in [-0.3, -0.25) is 14.4 Å². The molecule has 1 fully saturated rings. The van der Waals surface area contributed by atoms with Gasteiger partial charge in [0.15, 0.2) is 0 Å². The van der Waals surface area contributed by atoms with E-state index in [1.54, 1.807) is 11.1 Å². The van der Waals surface area contributed by atoms with Crippen LogP contribution in [-0.4, -0.2) is 39.5 Å². The molecule has 2 amide bonds. The lowest BCUT2D eigenvalue weighted by molar-refractivity contribution is -0.117. The van der Waals surface area contributed by atoms with Crippen LogP contribution in [0.25, 0.3) is 11.1 Å². The van der Waals surface area contributed by atoms with Crippen LogP contribution in [0.4, 0.5) is 16.2 Å². The van der Waals surface area contributed by atoms with E-state index in [9.17, 15) is 14.7 Å². The third-order valence-electron chi connectivity index (χ3n) is 4.91. The van der Waals surface area contributed by atoms with Gasteiger partial charge in [0.1, 0.15) is 0 Å². The zero-order valence-electron chi connectivity index (χ0n) is 14.5. The predicted molar refractivity (Wildman–Crippen MR) is 102 cm³/mol. The normalized spacial score (nSPS) is 19.4. The number of fused-ring (bicyclic) bond motifs is 1. The minimum atomic E-state index is -1.02. The number of carbonyl (C=O) groups is 2. The van der Waals surface area contributed by atoms with Crippen LogP contribution in [0.1, 0.15) is 32.7 Å². The van der Waals surface area contributed by atoms with E-state index in [0.29, 0.717) is 17.4 Å². The molecule has 2 aromatic rings. The van der Waals surface area contributed by atoms with Crippen molar-refractivity contribution < 1.29 is 14.7 Å². The van der Waals surface area contributed by atoms with Crippen molar-refractivity contribution in [3.05, 3.63) is 29.0 Å². The summed E-state index contributed by atoms with van der Waals surface area (Å²) in [4.78, 5) is 26.9. The summed E-state index contributed by atoms with van der Waals surface area (Å²) in [5, 5.41) is 14.1. The second kappa shape index (κ2) is 6.12. The molecule has 2 aliphatic rings. The average Bonchev–Trinajstić information content (AvgIpc) is 3.30. The summed E-state index contributed by atoms with van der Waals surface area (Å²) in [6.45, 7) is 3.59. The number of anilines is 2. The minimum absolute atomic E-state index is 0.106. The number of carboxylic acid groups (broad SMARTS) is 1. The lowest BCUT2D eigenvalue weighted by Gasteiger charge is -2.40. The fourth-order valence-corrected chi connectivity index (χ4v) is 4.10. The largest absolute Gasteiger partial charge is 0.465 e. The number of hydrogen-bond acceptors (Lipinski definition) is 3. The number of benzene rings is 1. The van der Waals surface area contributed by atoms with Gasteiger partial charge in [-0.15, -0.1) is 0 Å². The number of rotatable bonds is 2. The Labute approximate surface area is 159 Å². The van der Waals surface area contributed by atoms with Gasteiger partial charge in [0.2, 0.25) is 5.91 Å². The third kappa shape index (κ3) is 2.78. The molecule has 1 aromatic heterocycles. The average molecular weight is 419 g/mol. The molecule has 4 rings (SSSR count). The number of hydrogen-bond donors (Lipinski definition) is 1. The van der Waals surface area contributed by atoms with Crippen LogP contribution in [0.5, 0.6) is 0 Å². The highest BCUT2D eigenvalue weighted by Crippen LogP contribution is 2.43. The predicted octanol–water partition coefficient (Wildman–Crippen LogP) is 3.89. The Kier molecular flexibility index (Phi) is 4.02. The van der Waals surface area contributed by atoms with E-state index in [4.69, 9.17) is 0 Å². The number of nitrogens with zero attached hydrogens (tertiary/aromatic N) is 4. The third-order valence-corrected chi connectivity index (χ3v) is 5.56. The molecule has 136 valence electrons. The maximum absolute atomic E-state index is 12.1. The zero-order chi connectivity index (χ0) is 18.6. The second-order valence-electron chi connectivity index (χ2n) is 6.89. The maximum Gasteiger partial charge on any atom is 0.411 e. The highest BCUT2D eigenvalue weighted by molar-refractivity contribution is 9.10. The summed E-state index contributed by atoms with van der Waals surface area (Å²) in [5.41, 5.74) is 2.90. The van der Waals surface area contributed by atoms with Gasteiger partial charge in [-0.05, 0) is 31.9 Å². The van der Waals surface area contributed by atoms with Crippen molar-refractivity contribution in [3.8, 4) is 11.1 Å². The van der Waals surface area contributed by atoms with Gasteiger partial charge in [-0.1, -0.05) is 15.9 Å². The Morgan fingerprint density at radius 2 is 2.00 bits per heavy atom. The summed E-state index contributed by atoms with van der Waals surface area (Å²) in [5.74, 6) is -0.106. The van der Waals surface area contributed by atoms with Crippen molar-refractivity contribution in [1.29, 1.82) is 0 Å². The van der Waals surface area contributed by atoms with E-state index in [1.807, 2.05) is 29.9 Å². The first-order valence-corrected chi connectivity index (χ1v) is 9.34. The van der Waals surface area contributed by atoms with Gasteiger partial charge >= 0.3 is 6.09 Å². The summed E-state index contributed by atoms with van der Waals surface area (Å²) in [7, 11) is 0. The molecule has 7 nitrogen and oxygen atoms in total. The number of carbonyl (C=O) groups excluding carboxylic acids is 1. The molecule has 1 atom stereocenters. The molecular weight excluding hydrogens is 400 g/mol. The molecule has 0 spiro atoms. The minimum Gasteiger partial charge on any atom is -0.465 e. The lowest BCUT2D eigenvalue weighted by Crippen LogP contribution is -2.51. The Bertz CT molecular complexity index is 906. The van der Waals surface area contributed by atoms with Crippen molar-refractivity contribution in [1.82, 2.24) is 9.78 Å². The molecule has 2 heterocycles. The van der Waals surface area contributed by atoms with Crippen LogP contribution in [0.15, 0.2) is 29.0 Å². The van der Waals surface area contributed by atoms with Gasteiger partial charge in [0.25, 0.3) is 0 Å². The van der Waals surface area contributed by atoms with E-state index in [2.05, 4.69) is 21.0 Å². The van der Waals surface area contributed by atoms with Crippen LogP contribution in [0.2, 0.25) is 0 Å². The van der Waals surface area contributed by atoms with E-state index in [1.165, 1.54) is 11.8 Å². The maximum atomic E-state index is 12.1. The van der Waals surface area contributed by atoms with E-state index in [-0.39, 0.29) is 18.5 Å². The van der Waals surface area contributed by atoms with E-state index < -0.39 is 6.09 Å². The van der Waals surface area contributed by atoms with Crippen LogP contribution in [0.3, 0.4) is 0 Å². The van der Waals surface area contributed by atoms with Crippen molar-refractivity contribution in [2.75, 3.05) is 16.3 Å². The van der Waals surface area contributed by atoms with Crippen molar-refractivity contribution >= 4 is 39.3 Å². The fourth-order valence-electron chi connectivity index (χ4n) is 3.54. The topological polar surface area (TPSA) is 78.7 Å². The van der Waals surface area contributed by atoms with Crippen LogP contribution >= 0.6 is 15.9 Å². The highest BCUT2D eigenvalue weighted by Gasteiger charge is 2.34. The SMILES string of the molecule is CC(=O)N1c2cc(Br)c(-c3cnn(C4CC4)c3)cc2N(C(=O)O)CC1C. The summed E-state index contributed by atoms with van der Waals surface area (Å²) in [6, 6.07) is 3.90. The van der Waals surface area contributed by atoms with Gasteiger partial charge in [0.05, 0.1) is 29.7 Å². The molecule has 1 aromatic carbocycles. The molecule has 1 saturated carbocycles. The molecule has 0 radical (unpaired) electrons. The standard InChI is InChI=1S/C18H19BrN4O3/c1-10-8-21(18(25)26)16-5-14(12-7-20-22(9-12)13-3-4-13)15(19)6-17(16)23(10)11(2)24/h5-7,9-10,13H,3-4,8H2,1-2H3,(H,25,26). The number of halogens is 1. The van der Waals surface area contributed by atoms with E-state index in [0.717, 1.165) is 28.4 Å². The van der Waals surface area contributed by atoms with E-state index >= 15 is 0 Å². The molecule has 0 saturated heterocycles. The summed E-state index contributed by atoms with van der Waals surface area (Å²) < 4.78 is 2.76. The smallest absolute Gasteiger partial charge is 0.411 e. The summed E-state index contributed by atoms with van der Waals surface area (Å²) >= 11 is 3.59. The quantitative estimate of drug-likeness (QED) is 0.801. The molecule has 26 heavy (non-hydrogen) atoms. The van der Waals surface area contributed by atoms with Crippen LogP contribution in [0, 0.1) is 0 Å². The van der Waals surface area contributed by atoms with Crippen molar-refractivity contribution in [2.45, 2.75) is 38.8 Å². The monoisotopic (exact) mass is 418 g/mol. The summed E-state index contributed by atoms with van der Waals surface area (Å²) in [6.07, 6.45) is 5.05. The second-order valence-corrected chi connectivity index (χ2v) is 7.75. The van der Waals surface area contributed by atoms with Gasteiger partial charge in [0, 0.05) is 35.3 Å². The Hall–Kier alpha value is -2.35.